The predicted molar refractivity (Wildman–Crippen MR) is 88.7 cm³/mol. The fourth-order valence-electron chi connectivity index (χ4n) is 5.59. The van der Waals surface area contributed by atoms with E-state index < -0.39 is 0 Å². The van der Waals surface area contributed by atoms with Gasteiger partial charge in [0.15, 0.2) is 0 Å². The Bertz CT molecular complexity index is 464. The maximum atomic E-state index is 12.6. The molecule has 0 N–H and O–H groups in total. The molecule has 0 aromatic carbocycles. The summed E-state index contributed by atoms with van der Waals surface area (Å²) >= 11 is 0. The summed E-state index contributed by atoms with van der Waals surface area (Å²) in [4.78, 5) is 29.1. The molecule has 2 bridgehead atoms. The zero-order chi connectivity index (χ0) is 15.8. The van der Waals surface area contributed by atoms with Crippen molar-refractivity contribution in [2.24, 2.45) is 23.7 Å². The molecule has 4 aliphatic rings. The summed E-state index contributed by atoms with van der Waals surface area (Å²) in [6, 6.07) is 0. The van der Waals surface area contributed by atoms with Gasteiger partial charge in [-0.3, -0.25) is 9.59 Å². The standard InChI is InChI=1S/C19H30N2O2/c22-18(13-17-12-14-5-6-16(17)11-14)20-7-9-21(10-8-20)19(23)15-3-1-2-4-15/h14-17H,1-13H2. The summed E-state index contributed by atoms with van der Waals surface area (Å²) in [6.07, 6.45) is 10.7. The largest absolute Gasteiger partial charge is 0.339 e. The van der Waals surface area contributed by atoms with Gasteiger partial charge in [0, 0.05) is 38.5 Å². The van der Waals surface area contributed by atoms with Crippen molar-refractivity contribution in [1.29, 1.82) is 0 Å². The van der Waals surface area contributed by atoms with Crippen LogP contribution in [0.15, 0.2) is 0 Å². The Kier molecular flexibility index (Phi) is 4.33. The van der Waals surface area contributed by atoms with Crippen LogP contribution in [0.1, 0.15) is 57.8 Å². The Morgan fingerprint density at radius 2 is 1.52 bits per heavy atom. The second kappa shape index (κ2) is 6.45. The highest BCUT2D eigenvalue weighted by atomic mass is 16.2. The van der Waals surface area contributed by atoms with Crippen LogP contribution in [0.3, 0.4) is 0 Å². The van der Waals surface area contributed by atoms with Gasteiger partial charge in [-0.05, 0) is 49.9 Å². The number of nitrogens with zero attached hydrogens (tertiary/aromatic N) is 2. The van der Waals surface area contributed by atoms with Crippen molar-refractivity contribution in [3.8, 4) is 0 Å². The van der Waals surface area contributed by atoms with Crippen molar-refractivity contribution in [3.05, 3.63) is 0 Å². The highest BCUT2D eigenvalue weighted by Gasteiger charge is 2.41. The summed E-state index contributed by atoms with van der Waals surface area (Å²) in [7, 11) is 0. The highest BCUT2D eigenvalue weighted by molar-refractivity contribution is 5.80. The van der Waals surface area contributed by atoms with Gasteiger partial charge in [0.05, 0.1) is 0 Å². The van der Waals surface area contributed by atoms with Crippen LogP contribution >= 0.6 is 0 Å². The molecule has 4 rings (SSSR count). The van der Waals surface area contributed by atoms with Gasteiger partial charge in [0.25, 0.3) is 0 Å². The molecule has 0 aromatic heterocycles. The van der Waals surface area contributed by atoms with Gasteiger partial charge in [0.2, 0.25) is 11.8 Å². The first-order chi connectivity index (χ1) is 11.2. The Hall–Kier alpha value is -1.06. The predicted octanol–water partition coefficient (Wildman–Crippen LogP) is 2.67. The number of rotatable bonds is 3. The summed E-state index contributed by atoms with van der Waals surface area (Å²) < 4.78 is 0. The molecule has 128 valence electrons. The molecule has 0 spiro atoms. The number of hydrogen-bond donors (Lipinski definition) is 0. The molecule has 0 radical (unpaired) electrons. The van der Waals surface area contributed by atoms with E-state index in [2.05, 4.69) is 0 Å². The van der Waals surface area contributed by atoms with Crippen molar-refractivity contribution in [2.75, 3.05) is 26.2 Å². The van der Waals surface area contributed by atoms with E-state index in [0.29, 0.717) is 17.7 Å². The average Bonchev–Trinajstić information content (AvgIpc) is 3.32. The molecular formula is C19H30N2O2. The van der Waals surface area contributed by atoms with Crippen molar-refractivity contribution in [1.82, 2.24) is 9.80 Å². The van der Waals surface area contributed by atoms with Crippen LogP contribution in [-0.2, 0) is 9.59 Å². The third-order valence-corrected chi connectivity index (χ3v) is 6.97. The molecule has 1 saturated heterocycles. The Morgan fingerprint density at radius 3 is 2.13 bits per heavy atom. The van der Waals surface area contributed by atoms with Gasteiger partial charge in [0.1, 0.15) is 0 Å². The summed E-state index contributed by atoms with van der Waals surface area (Å²) in [6.45, 7) is 2.99. The van der Waals surface area contributed by atoms with E-state index in [1.165, 1.54) is 38.5 Å². The van der Waals surface area contributed by atoms with Crippen molar-refractivity contribution >= 4 is 11.8 Å². The average molecular weight is 318 g/mol. The molecule has 1 aliphatic heterocycles. The van der Waals surface area contributed by atoms with Crippen LogP contribution in [0.25, 0.3) is 0 Å². The summed E-state index contributed by atoms with van der Waals surface area (Å²) in [5.74, 6) is 3.36. The van der Waals surface area contributed by atoms with E-state index in [1.807, 2.05) is 9.80 Å². The van der Waals surface area contributed by atoms with E-state index in [-0.39, 0.29) is 5.92 Å². The molecule has 3 aliphatic carbocycles. The zero-order valence-corrected chi connectivity index (χ0v) is 14.2. The minimum Gasteiger partial charge on any atom is -0.339 e. The molecular weight excluding hydrogens is 288 g/mol. The second-order valence-electron chi connectivity index (χ2n) is 8.33. The second-order valence-corrected chi connectivity index (χ2v) is 8.33. The quantitative estimate of drug-likeness (QED) is 0.803. The lowest BCUT2D eigenvalue weighted by atomic mass is 9.86. The van der Waals surface area contributed by atoms with Gasteiger partial charge >= 0.3 is 0 Å². The smallest absolute Gasteiger partial charge is 0.225 e. The van der Waals surface area contributed by atoms with Crippen LogP contribution < -0.4 is 0 Å². The first kappa shape index (κ1) is 15.5. The molecule has 3 atom stereocenters. The van der Waals surface area contributed by atoms with Crippen LogP contribution in [-0.4, -0.2) is 47.8 Å². The molecule has 4 fully saturated rings. The number of carbonyl (C=O) groups is 2. The number of piperazine rings is 1. The maximum absolute atomic E-state index is 12.6. The van der Waals surface area contributed by atoms with Gasteiger partial charge in [-0.15, -0.1) is 0 Å². The molecule has 4 heteroatoms. The van der Waals surface area contributed by atoms with Crippen LogP contribution in [0.4, 0.5) is 0 Å². The number of fused-ring (bicyclic) bond motifs is 2. The van der Waals surface area contributed by atoms with Gasteiger partial charge in [-0.1, -0.05) is 19.3 Å². The molecule has 3 unspecified atom stereocenters. The Balaban J connectivity index is 1.24. The van der Waals surface area contributed by atoms with Gasteiger partial charge in [-0.2, -0.15) is 0 Å². The molecule has 2 amide bonds. The highest BCUT2D eigenvalue weighted by Crippen LogP contribution is 2.49. The van der Waals surface area contributed by atoms with Gasteiger partial charge < -0.3 is 9.80 Å². The molecule has 4 nitrogen and oxygen atoms in total. The van der Waals surface area contributed by atoms with Crippen LogP contribution in [0, 0.1) is 23.7 Å². The number of hydrogen-bond acceptors (Lipinski definition) is 2. The molecule has 23 heavy (non-hydrogen) atoms. The normalized spacial score (nSPS) is 34.3. The van der Waals surface area contributed by atoms with E-state index in [9.17, 15) is 9.59 Å². The minimum absolute atomic E-state index is 0.270. The van der Waals surface area contributed by atoms with E-state index in [0.717, 1.165) is 57.3 Å². The SMILES string of the molecule is O=C(CC1CC2CCC1C2)N1CCN(C(=O)C2CCCC2)CC1. The van der Waals surface area contributed by atoms with Gasteiger partial charge in [-0.25, -0.2) is 0 Å². The molecule has 1 heterocycles. The first-order valence-corrected chi connectivity index (χ1v) is 9.77. The lowest BCUT2D eigenvalue weighted by Crippen LogP contribution is -2.52. The minimum atomic E-state index is 0.270. The van der Waals surface area contributed by atoms with Crippen molar-refractivity contribution in [2.45, 2.75) is 57.8 Å². The summed E-state index contributed by atoms with van der Waals surface area (Å²) in [5, 5.41) is 0. The lowest BCUT2D eigenvalue weighted by molar-refractivity contribution is -0.142. The fourth-order valence-corrected chi connectivity index (χ4v) is 5.59. The fraction of sp³-hybridized carbons (Fsp3) is 0.895. The summed E-state index contributed by atoms with van der Waals surface area (Å²) in [5.41, 5.74) is 0. The molecule has 0 aromatic rings. The Morgan fingerprint density at radius 1 is 0.826 bits per heavy atom. The van der Waals surface area contributed by atoms with Crippen molar-refractivity contribution in [3.63, 3.8) is 0 Å². The maximum Gasteiger partial charge on any atom is 0.225 e. The van der Waals surface area contributed by atoms with Crippen LogP contribution in [0.2, 0.25) is 0 Å². The lowest BCUT2D eigenvalue weighted by Gasteiger charge is -2.36. The monoisotopic (exact) mass is 318 g/mol. The topological polar surface area (TPSA) is 40.6 Å². The Labute approximate surface area is 139 Å². The van der Waals surface area contributed by atoms with E-state index >= 15 is 0 Å². The van der Waals surface area contributed by atoms with Crippen molar-refractivity contribution < 1.29 is 9.59 Å². The van der Waals surface area contributed by atoms with E-state index in [1.54, 1.807) is 0 Å². The third-order valence-electron chi connectivity index (χ3n) is 6.97. The zero-order valence-electron chi connectivity index (χ0n) is 14.2. The number of amides is 2. The molecule has 3 saturated carbocycles. The van der Waals surface area contributed by atoms with E-state index in [4.69, 9.17) is 0 Å². The third kappa shape index (κ3) is 3.14. The first-order valence-electron chi connectivity index (χ1n) is 9.77. The number of carbonyl (C=O) groups excluding carboxylic acids is 2. The van der Waals surface area contributed by atoms with Crippen LogP contribution in [0.5, 0.6) is 0 Å².